The summed E-state index contributed by atoms with van der Waals surface area (Å²) in [5.41, 5.74) is 0.963. The van der Waals surface area contributed by atoms with Crippen LogP contribution in [0.15, 0.2) is 42.5 Å². The molecule has 132 valence electrons. The second-order valence-corrected chi connectivity index (χ2v) is 5.77. The zero-order valence-electron chi connectivity index (χ0n) is 13.4. The highest BCUT2D eigenvalue weighted by molar-refractivity contribution is 6.31. The maximum atomic E-state index is 13.2. The number of amides is 1. The molecule has 0 radical (unpaired) electrons. The van der Waals surface area contributed by atoms with E-state index >= 15 is 0 Å². The molecule has 0 aliphatic heterocycles. The Labute approximate surface area is 148 Å². The summed E-state index contributed by atoms with van der Waals surface area (Å²) < 4.78 is 30.8. The first-order valence-electron chi connectivity index (χ1n) is 7.45. The number of nitrogens with one attached hydrogen (secondary N) is 1. The third-order valence-corrected chi connectivity index (χ3v) is 3.92. The fourth-order valence-corrected chi connectivity index (χ4v) is 2.51. The molecular formula is C18H16ClF2NO3. The Bertz CT molecular complexity index is 783. The molecule has 1 N–H and O–H groups in total. The number of rotatable bonds is 6. The lowest BCUT2D eigenvalue weighted by Crippen LogP contribution is -2.43. The summed E-state index contributed by atoms with van der Waals surface area (Å²) in [7, 11) is 1.21. The van der Waals surface area contributed by atoms with Gasteiger partial charge in [-0.1, -0.05) is 35.9 Å². The quantitative estimate of drug-likeness (QED) is 0.798. The van der Waals surface area contributed by atoms with Crippen LogP contribution in [0.2, 0.25) is 5.02 Å². The van der Waals surface area contributed by atoms with Gasteiger partial charge in [0.25, 0.3) is 0 Å². The predicted molar refractivity (Wildman–Crippen MR) is 89.2 cm³/mol. The number of methoxy groups -OCH3 is 1. The van der Waals surface area contributed by atoms with E-state index in [1.54, 1.807) is 24.3 Å². The Kier molecular flexibility index (Phi) is 6.47. The lowest BCUT2D eigenvalue weighted by molar-refractivity contribution is -0.145. The second kappa shape index (κ2) is 8.58. The van der Waals surface area contributed by atoms with Gasteiger partial charge in [0, 0.05) is 11.4 Å². The number of hydrogen-bond acceptors (Lipinski definition) is 3. The average molecular weight is 368 g/mol. The van der Waals surface area contributed by atoms with Crippen LogP contribution in [0.4, 0.5) is 8.78 Å². The van der Waals surface area contributed by atoms with Gasteiger partial charge in [-0.05, 0) is 29.3 Å². The molecule has 1 amide bonds. The maximum absolute atomic E-state index is 13.2. The van der Waals surface area contributed by atoms with E-state index in [1.165, 1.54) is 13.2 Å². The number of ether oxygens (including phenoxy) is 1. The number of carbonyl (C=O) groups excluding carboxylic acids is 2. The van der Waals surface area contributed by atoms with Gasteiger partial charge in [-0.25, -0.2) is 13.6 Å². The molecule has 0 aliphatic rings. The molecule has 1 atom stereocenters. The number of carbonyl (C=O) groups is 2. The first-order valence-corrected chi connectivity index (χ1v) is 7.83. The van der Waals surface area contributed by atoms with Crippen LogP contribution in [0.5, 0.6) is 0 Å². The van der Waals surface area contributed by atoms with E-state index in [0.717, 1.165) is 12.1 Å². The molecule has 0 spiro atoms. The minimum Gasteiger partial charge on any atom is -0.467 e. The molecule has 0 fully saturated rings. The fourth-order valence-electron chi connectivity index (χ4n) is 2.30. The van der Waals surface area contributed by atoms with Crippen LogP contribution >= 0.6 is 11.6 Å². The molecule has 0 unspecified atom stereocenters. The zero-order valence-corrected chi connectivity index (χ0v) is 14.1. The van der Waals surface area contributed by atoms with E-state index in [-0.39, 0.29) is 18.4 Å². The van der Waals surface area contributed by atoms with Crippen LogP contribution in [-0.4, -0.2) is 25.0 Å². The van der Waals surface area contributed by atoms with E-state index in [2.05, 4.69) is 5.32 Å². The van der Waals surface area contributed by atoms with Crippen molar-refractivity contribution in [3.8, 4) is 0 Å². The topological polar surface area (TPSA) is 55.4 Å². The van der Waals surface area contributed by atoms with E-state index < -0.39 is 29.6 Å². The van der Waals surface area contributed by atoms with Crippen molar-refractivity contribution in [1.82, 2.24) is 5.32 Å². The minimum absolute atomic E-state index is 0.149. The van der Waals surface area contributed by atoms with Gasteiger partial charge in [0.2, 0.25) is 5.91 Å². The van der Waals surface area contributed by atoms with Crippen molar-refractivity contribution in [2.75, 3.05) is 7.11 Å². The predicted octanol–water partition coefficient (Wildman–Crippen LogP) is 3.06. The molecule has 4 nitrogen and oxygen atoms in total. The Hall–Kier alpha value is -2.47. The molecule has 2 rings (SSSR count). The Morgan fingerprint density at radius 3 is 2.52 bits per heavy atom. The Morgan fingerprint density at radius 1 is 1.16 bits per heavy atom. The van der Waals surface area contributed by atoms with Crippen LogP contribution in [0.25, 0.3) is 0 Å². The van der Waals surface area contributed by atoms with Crippen molar-refractivity contribution < 1.29 is 23.1 Å². The van der Waals surface area contributed by atoms with Crippen LogP contribution in [-0.2, 0) is 27.2 Å². The van der Waals surface area contributed by atoms with E-state index in [9.17, 15) is 18.4 Å². The van der Waals surface area contributed by atoms with E-state index in [1.807, 2.05) is 0 Å². The third kappa shape index (κ3) is 5.26. The molecule has 25 heavy (non-hydrogen) atoms. The van der Waals surface area contributed by atoms with Gasteiger partial charge in [0.05, 0.1) is 13.5 Å². The SMILES string of the molecule is COC(=O)[C@H](Cc1ccccc1Cl)NC(=O)Cc1ccc(F)c(F)c1. The van der Waals surface area contributed by atoms with Crippen molar-refractivity contribution in [3.63, 3.8) is 0 Å². The largest absolute Gasteiger partial charge is 0.467 e. The Balaban J connectivity index is 2.08. The monoisotopic (exact) mass is 367 g/mol. The third-order valence-electron chi connectivity index (χ3n) is 3.55. The molecule has 0 aliphatic carbocycles. The molecule has 0 aromatic heterocycles. The zero-order chi connectivity index (χ0) is 18.4. The first-order chi connectivity index (χ1) is 11.9. The minimum atomic E-state index is -1.04. The molecule has 0 saturated carbocycles. The van der Waals surface area contributed by atoms with E-state index in [4.69, 9.17) is 16.3 Å². The molecule has 2 aromatic carbocycles. The van der Waals surface area contributed by atoms with Crippen molar-refractivity contribution in [3.05, 3.63) is 70.2 Å². The summed E-state index contributed by atoms with van der Waals surface area (Å²) >= 11 is 6.07. The number of hydrogen-bond donors (Lipinski definition) is 1. The second-order valence-electron chi connectivity index (χ2n) is 5.36. The van der Waals surface area contributed by atoms with Crippen LogP contribution in [0, 0.1) is 11.6 Å². The van der Waals surface area contributed by atoms with Gasteiger partial charge in [-0.15, -0.1) is 0 Å². The lowest BCUT2D eigenvalue weighted by atomic mass is 10.0. The summed E-state index contributed by atoms with van der Waals surface area (Å²) in [5.74, 6) is -3.17. The number of esters is 1. The van der Waals surface area contributed by atoms with Gasteiger partial charge >= 0.3 is 5.97 Å². The van der Waals surface area contributed by atoms with Gasteiger partial charge in [-0.2, -0.15) is 0 Å². The molecular weight excluding hydrogens is 352 g/mol. The van der Waals surface area contributed by atoms with Crippen molar-refractivity contribution in [2.24, 2.45) is 0 Å². The van der Waals surface area contributed by atoms with Crippen molar-refractivity contribution >= 4 is 23.5 Å². The van der Waals surface area contributed by atoms with Gasteiger partial charge < -0.3 is 10.1 Å². The van der Waals surface area contributed by atoms with E-state index in [0.29, 0.717) is 10.6 Å². The van der Waals surface area contributed by atoms with Gasteiger partial charge in [-0.3, -0.25) is 4.79 Å². The summed E-state index contributed by atoms with van der Waals surface area (Å²) in [5, 5.41) is 3.00. The highest BCUT2D eigenvalue weighted by Crippen LogP contribution is 2.17. The standard InChI is InChI=1S/C18H16ClF2NO3/c1-25-18(24)16(10-12-4-2-3-5-13(12)19)22-17(23)9-11-6-7-14(20)15(21)8-11/h2-8,16H,9-10H2,1H3,(H,22,23)/t16-/m0/s1. The number of benzene rings is 2. The molecule has 2 aromatic rings. The smallest absolute Gasteiger partial charge is 0.328 e. The summed E-state index contributed by atoms with van der Waals surface area (Å²) in [4.78, 5) is 24.1. The average Bonchev–Trinajstić information content (AvgIpc) is 2.58. The fraction of sp³-hybridized carbons (Fsp3) is 0.222. The number of halogens is 3. The summed E-state index contributed by atoms with van der Waals surface area (Å²) in [6.07, 6.45) is -0.0525. The molecule has 0 saturated heterocycles. The van der Waals surface area contributed by atoms with Crippen molar-refractivity contribution in [2.45, 2.75) is 18.9 Å². The van der Waals surface area contributed by atoms with Crippen molar-refractivity contribution in [1.29, 1.82) is 0 Å². The van der Waals surface area contributed by atoms with Crippen LogP contribution in [0.3, 0.4) is 0 Å². The molecule has 0 heterocycles. The van der Waals surface area contributed by atoms with Gasteiger partial charge in [0.15, 0.2) is 11.6 Å². The maximum Gasteiger partial charge on any atom is 0.328 e. The molecule has 0 bridgehead atoms. The van der Waals surface area contributed by atoms with Crippen LogP contribution in [0.1, 0.15) is 11.1 Å². The normalized spacial score (nSPS) is 11.7. The van der Waals surface area contributed by atoms with Crippen LogP contribution < -0.4 is 5.32 Å². The first kappa shape index (κ1) is 18.9. The lowest BCUT2D eigenvalue weighted by Gasteiger charge is -2.17. The van der Waals surface area contributed by atoms with Gasteiger partial charge in [0.1, 0.15) is 6.04 Å². The molecule has 7 heteroatoms. The highest BCUT2D eigenvalue weighted by atomic mass is 35.5. The highest BCUT2D eigenvalue weighted by Gasteiger charge is 2.23. The summed E-state index contributed by atoms with van der Waals surface area (Å²) in [6.45, 7) is 0. The summed E-state index contributed by atoms with van der Waals surface area (Å²) in [6, 6.07) is 9.17. The Morgan fingerprint density at radius 2 is 1.88 bits per heavy atom.